The van der Waals surface area contributed by atoms with Crippen LogP contribution in [0, 0.1) is 5.41 Å². The Labute approximate surface area is 122 Å². The summed E-state index contributed by atoms with van der Waals surface area (Å²) in [6.45, 7) is 9.62. The maximum atomic E-state index is 3.98. The van der Waals surface area contributed by atoms with Gasteiger partial charge in [0.15, 0.2) is 0 Å². The lowest BCUT2D eigenvalue weighted by molar-refractivity contribution is 0.357. The van der Waals surface area contributed by atoms with Crippen molar-refractivity contribution in [2.75, 3.05) is 13.6 Å². The molecule has 114 valence electrons. The number of unbranched alkanes of at least 4 members (excludes halogenated alkanes) is 9. The Bertz CT molecular complexity index is 200. The summed E-state index contributed by atoms with van der Waals surface area (Å²) in [5.74, 6) is 0. The first-order chi connectivity index (χ1) is 9.18. The highest BCUT2D eigenvalue weighted by molar-refractivity contribution is 4.92. The largest absolute Gasteiger partial charge is 0.319 e. The molecule has 0 aliphatic carbocycles. The van der Waals surface area contributed by atoms with Crippen LogP contribution in [0.4, 0.5) is 0 Å². The molecule has 0 aromatic carbocycles. The Hall–Kier alpha value is -0.300. The van der Waals surface area contributed by atoms with Gasteiger partial charge < -0.3 is 5.32 Å². The maximum Gasteiger partial charge on any atom is 0.00367 e. The number of hydrogen-bond acceptors (Lipinski definition) is 1. The zero-order valence-corrected chi connectivity index (χ0v) is 13.8. The molecule has 0 heterocycles. The van der Waals surface area contributed by atoms with Crippen molar-refractivity contribution in [1.82, 2.24) is 5.32 Å². The third-order valence-electron chi connectivity index (χ3n) is 4.17. The molecule has 1 unspecified atom stereocenters. The molecule has 0 aliphatic heterocycles. The molecule has 1 heteroatoms. The molecular formula is C18H37N. The summed E-state index contributed by atoms with van der Waals surface area (Å²) in [5, 5.41) is 3.27. The highest BCUT2D eigenvalue weighted by atomic mass is 14.8. The average molecular weight is 268 g/mol. The van der Waals surface area contributed by atoms with Gasteiger partial charge in [0, 0.05) is 6.54 Å². The van der Waals surface area contributed by atoms with Crippen LogP contribution in [0.3, 0.4) is 0 Å². The van der Waals surface area contributed by atoms with Gasteiger partial charge in [-0.05, 0) is 18.9 Å². The topological polar surface area (TPSA) is 12.0 Å². The van der Waals surface area contributed by atoms with Crippen molar-refractivity contribution in [1.29, 1.82) is 0 Å². The molecule has 1 nitrogen and oxygen atoms in total. The Balaban J connectivity index is 3.32. The van der Waals surface area contributed by atoms with E-state index in [1.165, 1.54) is 70.6 Å². The van der Waals surface area contributed by atoms with Crippen LogP contribution in [-0.2, 0) is 0 Å². The van der Waals surface area contributed by atoms with E-state index in [-0.39, 0.29) is 5.41 Å². The van der Waals surface area contributed by atoms with E-state index in [1.54, 1.807) is 0 Å². The fourth-order valence-electron chi connectivity index (χ4n) is 2.68. The summed E-state index contributed by atoms with van der Waals surface area (Å²) in [6, 6.07) is 0. The summed E-state index contributed by atoms with van der Waals surface area (Å²) in [7, 11) is 2.03. The second kappa shape index (κ2) is 12.7. The monoisotopic (exact) mass is 267 g/mol. The molecule has 0 aliphatic rings. The molecule has 0 amide bonds. The predicted octanol–water partition coefficient (Wildman–Crippen LogP) is 5.71. The van der Waals surface area contributed by atoms with Crippen LogP contribution in [-0.4, -0.2) is 13.6 Å². The van der Waals surface area contributed by atoms with Gasteiger partial charge in [0.05, 0.1) is 0 Å². The third kappa shape index (κ3) is 11.2. The molecular weight excluding hydrogens is 230 g/mol. The Morgan fingerprint density at radius 2 is 1.37 bits per heavy atom. The van der Waals surface area contributed by atoms with Crippen molar-refractivity contribution in [2.45, 2.75) is 84.5 Å². The van der Waals surface area contributed by atoms with Crippen molar-refractivity contribution in [3.8, 4) is 0 Å². The molecule has 19 heavy (non-hydrogen) atoms. The molecule has 1 N–H and O–H groups in total. The van der Waals surface area contributed by atoms with Gasteiger partial charge in [-0.3, -0.25) is 0 Å². The number of nitrogens with one attached hydrogen (secondary N) is 1. The Morgan fingerprint density at radius 1 is 0.895 bits per heavy atom. The molecule has 0 rings (SSSR count). The van der Waals surface area contributed by atoms with Gasteiger partial charge in [-0.25, -0.2) is 0 Å². The standard InChI is InChI=1S/C18H37N/c1-5-7-8-9-10-11-12-13-14-15-16-18(3,6-2)17-19-4/h6,19H,2,5,7-17H2,1,3-4H3. The predicted molar refractivity (Wildman–Crippen MR) is 88.7 cm³/mol. The van der Waals surface area contributed by atoms with E-state index >= 15 is 0 Å². The van der Waals surface area contributed by atoms with Crippen molar-refractivity contribution < 1.29 is 0 Å². The first kappa shape index (κ1) is 18.7. The minimum Gasteiger partial charge on any atom is -0.319 e. The molecule has 0 saturated heterocycles. The van der Waals surface area contributed by atoms with E-state index in [2.05, 4.69) is 31.8 Å². The quantitative estimate of drug-likeness (QED) is 0.314. The van der Waals surface area contributed by atoms with E-state index in [9.17, 15) is 0 Å². The number of hydrogen-bond donors (Lipinski definition) is 1. The van der Waals surface area contributed by atoms with Gasteiger partial charge in [-0.1, -0.05) is 84.1 Å². The molecule has 0 aromatic rings. The van der Waals surface area contributed by atoms with Crippen LogP contribution in [0.1, 0.15) is 84.5 Å². The highest BCUT2D eigenvalue weighted by Gasteiger charge is 2.17. The summed E-state index contributed by atoms with van der Waals surface area (Å²) in [5.41, 5.74) is 0.287. The molecule has 0 spiro atoms. The molecule has 0 saturated carbocycles. The van der Waals surface area contributed by atoms with Gasteiger partial charge in [-0.15, -0.1) is 6.58 Å². The van der Waals surface area contributed by atoms with Gasteiger partial charge >= 0.3 is 0 Å². The second-order valence-corrected chi connectivity index (χ2v) is 6.32. The van der Waals surface area contributed by atoms with Gasteiger partial charge in [0.2, 0.25) is 0 Å². The zero-order chi connectivity index (χ0) is 14.4. The Morgan fingerprint density at radius 3 is 1.79 bits per heavy atom. The van der Waals surface area contributed by atoms with Gasteiger partial charge in [0.1, 0.15) is 0 Å². The normalized spacial score (nSPS) is 14.3. The average Bonchev–Trinajstić information content (AvgIpc) is 2.41. The minimum absolute atomic E-state index is 0.287. The fraction of sp³-hybridized carbons (Fsp3) is 0.889. The minimum atomic E-state index is 0.287. The van der Waals surface area contributed by atoms with Crippen LogP contribution >= 0.6 is 0 Å². The van der Waals surface area contributed by atoms with Gasteiger partial charge in [0.25, 0.3) is 0 Å². The number of rotatable bonds is 14. The van der Waals surface area contributed by atoms with Crippen LogP contribution < -0.4 is 5.32 Å². The van der Waals surface area contributed by atoms with Crippen molar-refractivity contribution >= 4 is 0 Å². The highest BCUT2D eigenvalue weighted by Crippen LogP contribution is 2.25. The summed E-state index contributed by atoms with van der Waals surface area (Å²) < 4.78 is 0. The lowest BCUT2D eigenvalue weighted by atomic mass is 9.84. The van der Waals surface area contributed by atoms with Crippen LogP contribution in [0.25, 0.3) is 0 Å². The van der Waals surface area contributed by atoms with Gasteiger partial charge in [-0.2, -0.15) is 0 Å². The lowest BCUT2D eigenvalue weighted by Gasteiger charge is -2.25. The lowest BCUT2D eigenvalue weighted by Crippen LogP contribution is -2.27. The molecule has 0 aromatic heterocycles. The first-order valence-electron chi connectivity index (χ1n) is 8.46. The van der Waals surface area contributed by atoms with E-state index in [0.717, 1.165) is 6.54 Å². The summed E-state index contributed by atoms with van der Waals surface area (Å²) >= 11 is 0. The van der Waals surface area contributed by atoms with E-state index in [0.29, 0.717) is 0 Å². The zero-order valence-electron chi connectivity index (χ0n) is 13.8. The van der Waals surface area contributed by atoms with E-state index < -0.39 is 0 Å². The molecule has 0 fully saturated rings. The van der Waals surface area contributed by atoms with E-state index in [1.807, 2.05) is 7.05 Å². The second-order valence-electron chi connectivity index (χ2n) is 6.32. The van der Waals surface area contributed by atoms with Crippen molar-refractivity contribution in [2.24, 2.45) is 5.41 Å². The molecule has 1 atom stereocenters. The van der Waals surface area contributed by atoms with Crippen LogP contribution in [0.2, 0.25) is 0 Å². The van der Waals surface area contributed by atoms with Crippen molar-refractivity contribution in [3.63, 3.8) is 0 Å². The van der Waals surface area contributed by atoms with Crippen LogP contribution in [0.15, 0.2) is 12.7 Å². The summed E-state index contributed by atoms with van der Waals surface area (Å²) in [4.78, 5) is 0. The molecule has 0 bridgehead atoms. The third-order valence-corrected chi connectivity index (χ3v) is 4.17. The SMILES string of the molecule is C=CC(C)(CCCCCCCCCCCC)CNC. The summed E-state index contributed by atoms with van der Waals surface area (Å²) in [6.07, 6.45) is 17.5. The first-order valence-corrected chi connectivity index (χ1v) is 8.46. The fourth-order valence-corrected chi connectivity index (χ4v) is 2.68. The maximum absolute atomic E-state index is 3.98. The Kier molecular flexibility index (Phi) is 12.5. The molecule has 0 radical (unpaired) electrons. The van der Waals surface area contributed by atoms with Crippen molar-refractivity contribution in [3.05, 3.63) is 12.7 Å². The van der Waals surface area contributed by atoms with Crippen LogP contribution in [0.5, 0.6) is 0 Å². The van der Waals surface area contributed by atoms with E-state index in [4.69, 9.17) is 0 Å². The smallest absolute Gasteiger partial charge is 0.00367 e.